The molecule has 1 saturated heterocycles. The van der Waals surface area contributed by atoms with E-state index < -0.39 is 0 Å². The predicted octanol–water partition coefficient (Wildman–Crippen LogP) is 1.80. The highest BCUT2D eigenvalue weighted by Crippen LogP contribution is 2.36. The summed E-state index contributed by atoms with van der Waals surface area (Å²) in [6, 6.07) is 0.608. The van der Waals surface area contributed by atoms with Crippen molar-refractivity contribution in [1.82, 2.24) is 4.90 Å². The van der Waals surface area contributed by atoms with Crippen LogP contribution in [0.15, 0.2) is 0 Å². The lowest BCUT2D eigenvalue weighted by atomic mass is 9.92. The maximum atomic E-state index is 11.3. The van der Waals surface area contributed by atoms with E-state index in [9.17, 15) is 4.79 Å². The zero-order valence-corrected chi connectivity index (χ0v) is 7.75. The topological polar surface area (TPSA) is 20.3 Å². The number of hydrogen-bond acceptors (Lipinski definition) is 1. The van der Waals surface area contributed by atoms with Gasteiger partial charge >= 0.3 is 0 Å². The van der Waals surface area contributed by atoms with E-state index in [0.717, 1.165) is 12.5 Å². The van der Waals surface area contributed by atoms with Crippen LogP contribution in [0.25, 0.3) is 0 Å². The molecule has 0 bridgehead atoms. The Labute approximate surface area is 73.9 Å². The molecule has 0 spiro atoms. The molecule has 0 unspecified atom stereocenters. The van der Waals surface area contributed by atoms with Crippen molar-refractivity contribution in [3.05, 3.63) is 0 Å². The fourth-order valence-corrected chi connectivity index (χ4v) is 2.84. The molecule has 2 fully saturated rings. The zero-order chi connectivity index (χ0) is 8.55. The highest BCUT2D eigenvalue weighted by Gasteiger charge is 2.35. The molecule has 0 radical (unpaired) electrons. The molecule has 2 nitrogen and oxygen atoms in total. The van der Waals surface area contributed by atoms with Crippen LogP contribution in [0.5, 0.6) is 0 Å². The summed E-state index contributed by atoms with van der Waals surface area (Å²) < 4.78 is 0. The fourth-order valence-electron chi connectivity index (χ4n) is 2.84. The van der Waals surface area contributed by atoms with Gasteiger partial charge in [0.25, 0.3) is 0 Å². The molecule has 1 amide bonds. The molecule has 1 aliphatic carbocycles. The van der Waals surface area contributed by atoms with Gasteiger partial charge in [0.05, 0.1) is 0 Å². The molecular weight excluding hydrogens is 150 g/mol. The number of likely N-dealkylation sites (tertiary alicyclic amines) is 1. The van der Waals surface area contributed by atoms with Gasteiger partial charge in [-0.2, -0.15) is 0 Å². The van der Waals surface area contributed by atoms with Crippen LogP contribution in [0.3, 0.4) is 0 Å². The average molecular weight is 167 g/mol. The molecule has 0 aromatic carbocycles. The maximum absolute atomic E-state index is 11.3. The second-order valence-electron chi connectivity index (χ2n) is 4.11. The molecular formula is C10H17NO. The number of carbonyl (C=O) groups is 1. The first-order chi connectivity index (χ1) is 5.79. The Balaban J connectivity index is 2.08. The third-order valence-electron chi connectivity index (χ3n) is 3.40. The first kappa shape index (κ1) is 8.09. The molecule has 12 heavy (non-hydrogen) atoms. The lowest BCUT2D eigenvalue weighted by Gasteiger charge is -2.37. The molecule has 1 aliphatic heterocycles. The van der Waals surface area contributed by atoms with Gasteiger partial charge in [0.15, 0.2) is 0 Å². The average Bonchev–Trinajstić information content (AvgIpc) is 2.49. The number of carbonyl (C=O) groups excluding carboxylic acids is 1. The van der Waals surface area contributed by atoms with E-state index in [0.29, 0.717) is 6.04 Å². The van der Waals surface area contributed by atoms with Gasteiger partial charge in [0, 0.05) is 19.5 Å². The van der Waals surface area contributed by atoms with Gasteiger partial charge in [-0.3, -0.25) is 4.79 Å². The molecule has 2 aliphatic rings. The Kier molecular flexibility index (Phi) is 2.07. The molecule has 1 heterocycles. The van der Waals surface area contributed by atoms with Crippen molar-refractivity contribution in [2.75, 3.05) is 6.54 Å². The second kappa shape index (κ2) is 3.08. The van der Waals surface area contributed by atoms with Crippen LogP contribution in [0.1, 0.15) is 39.0 Å². The molecule has 2 atom stereocenters. The number of amides is 1. The Hall–Kier alpha value is -0.530. The van der Waals surface area contributed by atoms with Crippen LogP contribution in [-0.4, -0.2) is 23.4 Å². The molecule has 68 valence electrons. The van der Waals surface area contributed by atoms with Crippen molar-refractivity contribution < 1.29 is 4.79 Å². The zero-order valence-electron chi connectivity index (χ0n) is 7.75. The lowest BCUT2D eigenvalue weighted by Crippen LogP contribution is -2.45. The van der Waals surface area contributed by atoms with Gasteiger partial charge in [-0.15, -0.1) is 0 Å². The van der Waals surface area contributed by atoms with Crippen LogP contribution in [0.2, 0.25) is 0 Å². The molecule has 1 saturated carbocycles. The SMILES string of the molecule is CC(=O)N1CCC[C@@H]2CCC[C@@H]21. The quantitative estimate of drug-likeness (QED) is 0.538. The largest absolute Gasteiger partial charge is 0.340 e. The smallest absolute Gasteiger partial charge is 0.219 e. The van der Waals surface area contributed by atoms with Crippen molar-refractivity contribution in [1.29, 1.82) is 0 Å². The van der Waals surface area contributed by atoms with Gasteiger partial charge in [-0.05, 0) is 31.6 Å². The molecule has 0 N–H and O–H groups in total. The lowest BCUT2D eigenvalue weighted by molar-refractivity contribution is -0.133. The van der Waals surface area contributed by atoms with E-state index in [4.69, 9.17) is 0 Å². The minimum atomic E-state index is 0.284. The highest BCUT2D eigenvalue weighted by molar-refractivity contribution is 5.73. The predicted molar refractivity (Wildman–Crippen MR) is 47.8 cm³/mol. The Morgan fingerprint density at radius 1 is 1.25 bits per heavy atom. The number of nitrogens with zero attached hydrogens (tertiary/aromatic N) is 1. The van der Waals surface area contributed by atoms with Gasteiger partial charge < -0.3 is 4.90 Å². The van der Waals surface area contributed by atoms with E-state index in [1.54, 1.807) is 6.92 Å². The maximum Gasteiger partial charge on any atom is 0.219 e. The van der Waals surface area contributed by atoms with Crippen LogP contribution >= 0.6 is 0 Å². The molecule has 2 rings (SSSR count). The Bertz CT molecular complexity index is 190. The van der Waals surface area contributed by atoms with E-state index in [2.05, 4.69) is 4.90 Å². The van der Waals surface area contributed by atoms with Crippen molar-refractivity contribution in [2.24, 2.45) is 5.92 Å². The van der Waals surface area contributed by atoms with Crippen molar-refractivity contribution >= 4 is 5.91 Å². The summed E-state index contributed by atoms with van der Waals surface area (Å²) in [5.74, 6) is 1.12. The number of hydrogen-bond donors (Lipinski definition) is 0. The van der Waals surface area contributed by atoms with Crippen LogP contribution in [-0.2, 0) is 4.79 Å². The number of fused-ring (bicyclic) bond motifs is 1. The summed E-state index contributed by atoms with van der Waals surface area (Å²) in [6.07, 6.45) is 6.52. The summed E-state index contributed by atoms with van der Waals surface area (Å²) in [6.45, 7) is 2.72. The normalized spacial score (nSPS) is 34.9. The molecule has 2 heteroatoms. The summed E-state index contributed by atoms with van der Waals surface area (Å²) in [5, 5.41) is 0. The molecule has 0 aromatic heterocycles. The van der Waals surface area contributed by atoms with Crippen LogP contribution in [0, 0.1) is 5.92 Å². The highest BCUT2D eigenvalue weighted by atomic mass is 16.2. The Morgan fingerprint density at radius 2 is 2.00 bits per heavy atom. The van der Waals surface area contributed by atoms with Crippen molar-refractivity contribution in [3.63, 3.8) is 0 Å². The first-order valence-electron chi connectivity index (χ1n) is 5.06. The van der Waals surface area contributed by atoms with Gasteiger partial charge in [0.2, 0.25) is 5.91 Å². The summed E-state index contributed by atoms with van der Waals surface area (Å²) in [4.78, 5) is 13.4. The monoisotopic (exact) mass is 167 g/mol. The van der Waals surface area contributed by atoms with Gasteiger partial charge in [-0.25, -0.2) is 0 Å². The standard InChI is InChI=1S/C10H17NO/c1-8(12)11-7-3-5-9-4-2-6-10(9)11/h9-10H,2-7H2,1H3/t9-,10-/m0/s1. The Morgan fingerprint density at radius 3 is 2.75 bits per heavy atom. The van der Waals surface area contributed by atoms with E-state index in [1.165, 1.54) is 32.1 Å². The minimum absolute atomic E-state index is 0.284. The first-order valence-corrected chi connectivity index (χ1v) is 5.06. The van der Waals surface area contributed by atoms with Crippen molar-refractivity contribution in [3.8, 4) is 0 Å². The summed E-state index contributed by atoms with van der Waals surface area (Å²) in [7, 11) is 0. The number of piperidine rings is 1. The van der Waals surface area contributed by atoms with Crippen LogP contribution in [0.4, 0.5) is 0 Å². The van der Waals surface area contributed by atoms with Gasteiger partial charge in [-0.1, -0.05) is 6.42 Å². The van der Waals surface area contributed by atoms with Crippen molar-refractivity contribution in [2.45, 2.75) is 45.1 Å². The third-order valence-corrected chi connectivity index (χ3v) is 3.40. The van der Waals surface area contributed by atoms with Gasteiger partial charge in [0.1, 0.15) is 0 Å². The number of rotatable bonds is 0. The fraction of sp³-hybridized carbons (Fsp3) is 0.900. The third kappa shape index (κ3) is 1.23. The second-order valence-corrected chi connectivity index (χ2v) is 4.11. The van der Waals surface area contributed by atoms with Crippen LogP contribution < -0.4 is 0 Å². The van der Waals surface area contributed by atoms with E-state index in [1.807, 2.05) is 0 Å². The summed E-state index contributed by atoms with van der Waals surface area (Å²) >= 11 is 0. The molecule has 0 aromatic rings. The van der Waals surface area contributed by atoms with E-state index in [-0.39, 0.29) is 5.91 Å². The van der Waals surface area contributed by atoms with E-state index >= 15 is 0 Å². The summed E-state index contributed by atoms with van der Waals surface area (Å²) in [5.41, 5.74) is 0. The minimum Gasteiger partial charge on any atom is -0.340 e.